The van der Waals surface area contributed by atoms with Crippen molar-refractivity contribution in [3.05, 3.63) is 0 Å². The van der Waals surface area contributed by atoms with Crippen molar-refractivity contribution in [2.24, 2.45) is 11.3 Å². The smallest absolute Gasteiger partial charge is 0.243 e. The largest absolute Gasteiger partial charge is 0.338 e. The number of amides is 1. The van der Waals surface area contributed by atoms with E-state index in [-0.39, 0.29) is 5.91 Å². The maximum absolute atomic E-state index is 12.6. The van der Waals surface area contributed by atoms with Crippen LogP contribution in [0, 0.1) is 22.7 Å². The Bertz CT molecular complexity index is 394. The Kier molecular flexibility index (Phi) is 2.82. The van der Waals surface area contributed by atoms with Gasteiger partial charge < -0.3 is 4.90 Å². The van der Waals surface area contributed by atoms with Crippen molar-refractivity contribution in [2.45, 2.75) is 38.6 Å². The predicted molar refractivity (Wildman–Crippen MR) is 67.6 cm³/mol. The van der Waals surface area contributed by atoms with Crippen LogP contribution in [0.1, 0.15) is 32.6 Å². The van der Waals surface area contributed by atoms with Crippen molar-refractivity contribution in [3.8, 4) is 6.07 Å². The van der Waals surface area contributed by atoms with E-state index in [1.807, 2.05) is 4.90 Å². The topological polar surface area (TPSA) is 47.3 Å². The van der Waals surface area contributed by atoms with Crippen LogP contribution in [0.15, 0.2) is 0 Å². The van der Waals surface area contributed by atoms with Gasteiger partial charge in [0.25, 0.3) is 0 Å². The molecule has 0 N–H and O–H groups in total. The van der Waals surface area contributed by atoms with E-state index in [9.17, 15) is 10.1 Å². The molecule has 0 aromatic heterocycles. The first kappa shape index (κ1) is 12.0. The number of rotatable bonds is 1. The van der Waals surface area contributed by atoms with Gasteiger partial charge in [0.2, 0.25) is 5.91 Å². The van der Waals surface area contributed by atoms with E-state index < -0.39 is 5.41 Å². The zero-order chi connectivity index (χ0) is 12.8. The lowest BCUT2D eigenvalue weighted by Crippen LogP contribution is -2.57. The minimum atomic E-state index is -0.680. The molecular formula is C14H21N3O. The van der Waals surface area contributed by atoms with E-state index in [2.05, 4.69) is 17.9 Å². The lowest BCUT2D eigenvalue weighted by atomic mass is 9.62. The molecule has 3 aliphatic rings. The monoisotopic (exact) mass is 247 g/mol. The van der Waals surface area contributed by atoms with Crippen molar-refractivity contribution in [2.75, 3.05) is 26.2 Å². The van der Waals surface area contributed by atoms with Crippen LogP contribution in [0.2, 0.25) is 0 Å². The summed E-state index contributed by atoms with van der Waals surface area (Å²) in [7, 11) is 0. The van der Waals surface area contributed by atoms with Gasteiger partial charge in [-0.15, -0.1) is 0 Å². The summed E-state index contributed by atoms with van der Waals surface area (Å²) in [5.74, 6) is 0.635. The number of hydrogen-bond donors (Lipinski definition) is 0. The normalized spacial score (nSPS) is 39.9. The number of nitrogens with zero attached hydrogens (tertiary/aromatic N) is 3. The van der Waals surface area contributed by atoms with Crippen LogP contribution in [0.3, 0.4) is 0 Å². The third kappa shape index (κ3) is 1.73. The summed E-state index contributed by atoms with van der Waals surface area (Å²) >= 11 is 0. The molecule has 1 atom stereocenters. The fourth-order valence-corrected chi connectivity index (χ4v) is 3.92. The molecule has 1 aliphatic carbocycles. The summed E-state index contributed by atoms with van der Waals surface area (Å²) in [6.07, 6.45) is 3.98. The number of hydrogen-bond acceptors (Lipinski definition) is 3. The Hall–Kier alpha value is -1.08. The minimum Gasteiger partial charge on any atom is -0.338 e. The highest BCUT2D eigenvalue weighted by molar-refractivity contribution is 5.86. The van der Waals surface area contributed by atoms with E-state index in [0.717, 1.165) is 32.5 Å². The highest BCUT2D eigenvalue weighted by Gasteiger charge is 2.51. The average Bonchev–Trinajstić information content (AvgIpc) is 2.80. The Balaban J connectivity index is 1.68. The molecule has 1 saturated carbocycles. The maximum Gasteiger partial charge on any atom is 0.243 e. The number of nitriles is 1. The van der Waals surface area contributed by atoms with E-state index >= 15 is 0 Å². The van der Waals surface area contributed by atoms with Crippen LogP contribution >= 0.6 is 0 Å². The molecule has 0 spiro atoms. The van der Waals surface area contributed by atoms with Crippen LogP contribution in [-0.2, 0) is 4.79 Å². The van der Waals surface area contributed by atoms with Gasteiger partial charge >= 0.3 is 0 Å². The highest BCUT2D eigenvalue weighted by Crippen LogP contribution is 2.46. The molecule has 98 valence electrons. The Morgan fingerprint density at radius 2 is 2.11 bits per heavy atom. The summed E-state index contributed by atoms with van der Waals surface area (Å²) in [5, 5.41) is 9.33. The third-order valence-electron chi connectivity index (χ3n) is 4.89. The molecule has 0 radical (unpaired) electrons. The van der Waals surface area contributed by atoms with E-state index in [1.165, 1.54) is 19.4 Å². The molecule has 1 unspecified atom stereocenters. The molecule has 4 nitrogen and oxygen atoms in total. The van der Waals surface area contributed by atoms with Gasteiger partial charge in [-0.2, -0.15) is 5.26 Å². The molecular weight excluding hydrogens is 226 g/mol. The van der Waals surface area contributed by atoms with Crippen molar-refractivity contribution in [3.63, 3.8) is 0 Å². The van der Waals surface area contributed by atoms with Crippen molar-refractivity contribution < 1.29 is 4.79 Å². The number of piperazine rings is 1. The van der Waals surface area contributed by atoms with Crippen LogP contribution in [0.25, 0.3) is 0 Å². The van der Waals surface area contributed by atoms with Gasteiger partial charge in [-0.1, -0.05) is 6.92 Å². The van der Waals surface area contributed by atoms with Gasteiger partial charge in [0.1, 0.15) is 5.41 Å². The summed E-state index contributed by atoms with van der Waals surface area (Å²) in [5.41, 5.74) is -0.680. The SMILES string of the molecule is CC1CC(C#N)(C(=O)N2CCN3CCCC3C2)C1. The fraction of sp³-hybridized carbons (Fsp3) is 0.857. The lowest BCUT2D eigenvalue weighted by molar-refractivity contribution is -0.148. The molecule has 18 heavy (non-hydrogen) atoms. The molecule has 3 fully saturated rings. The Labute approximate surface area is 109 Å². The average molecular weight is 247 g/mol. The molecule has 2 heterocycles. The zero-order valence-corrected chi connectivity index (χ0v) is 11.1. The van der Waals surface area contributed by atoms with Gasteiger partial charge in [-0.3, -0.25) is 9.69 Å². The first-order chi connectivity index (χ1) is 8.64. The van der Waals surface area contributed by atoms with Gasteiger partial charge in [0, 0.05) is 25.7 Å². The standard InChI is InChI=1S/C14H21N3O/c1-11-7-14(8-11,10-15)13(18)17-6-5-16-4-2-3-12(16)9-17/h11-12H,2-9H2,1H3. The minimum absolute atomic E-state index is 0.106. The quantitative estimate of drug-likeness (QED) is 0.700. The van der Waals surface area contributed by atoms with E-state index in [4.69, 9.17) is 0 Å². The van der Waals surface area contributed by atoms with Crippen molar-refractivity contribution in [1.82, 2.24) is 9.80 Å². The second-order valence-corrected chi connectivity index (χ2v) is 6.29. The van der Waals surface area contributed by atoms with Crippen LogP contribution in [-0.4, -0.2) is 47.9 Å². The Morgan fingerprint density at radius 3 is 2.78 bits per heavy atom. The summed E-state index contributed by atoms with van der Waals surface area (Å²) < 4.78 is 0. The van der Waals surface area contributed by atoms with Crippen LogP contribution < -0.4 is 0 Å². The molecule has 4 heteroatoms. The van der Waals surface area contributed by atoms with E-state index in [0.29, 0.717) is 12.0 Å². The number of carbonyl (C=O) groups excluding carboxylic acids is 1. The van der Waals surface area contributed by atoms with Crippen molar-refractivity contribution >= 4 is 5.91 Å². The predicted octanol–water partition coefficient (Wildman–Crippen LogP) is 1.23. The van der Waals surface area contributed by atoms with Gasteiger partial charge in [-0.05, 0) is 38.1 Å². The molecule has 2 aliphatic heterocycles. The zero-order valence-electron chi connectivity index (χ0n) is 11.1. The van der Waals surface area contributed by atoms with E-state index in [1.54, 1.807) is 0 Å². The maximum atomic E-state index is 12.6. The van der Waals surface area contributed by atoms with Crippen molar-refractivity contribution in [1.29, 1.82) is 5.26 Å². The second kappa shape index (κ2) is 4.24. The summed E-state index contributed by atoms with van der Waals surface area (Å²) in [4.78, 5) is 17.0. The molecule has 3 rings (SSSR count). The second-order valence-electron chi connectivity index (χ2n) is 6.29. The summed E-state index contributed by atoms with van der Waals surface area (Å²) in [6, 6.07) is 2.85. The fourth-order valence-electron chi connectivity index (χ4n) is 3.92. The number of fused-ring (bicyclic) bond motifs is 1. The molecule has 1 amide bonds. The molecule has 2 saturated heterocycles. The van der Waals surface area contributed by atoms with Gasteiger partial charge in [0.15, 0.2) is 0 Å². The molecule has 0 aromatic carbocycles. The lowest BCUT2D eigenvalue weighted by Gasteiger charge is -2.45. The van der Waals surface area contributed by atoms with Crippen LogP contribution in [0.5, 0.6) is 0 Å². The first-order valence-corrected chi connectivity index (χ1v) is 7.09. The van der Waals surface area contributed by atoms with Crippen LogP contribution in [0.4, 0.5) is 0 Å². The molecule has 0 bridgehead atoms. The Morgan fingerprint density at radius 1 is 1.33 bits per heavy atom. The van der Waals surface area contributed by atoms with Gasteiger partial charge in [-0.25, -0.2) is 0 Å². The van der Waals surface area contributed by atoms with Gasteiger partial charge in [0.05, 0.1) is 6.07 Å². The molecule has 0 aromatic rings. The third-order valence-corrected chi connectivity index (χ3v) is 4.89. The summed E-state index contributed by atoms with van der Waals surface area (Å²) in [6.45, 7) is 5.96. The number of carbonyl (C=O) groups is 1. The highest BCUT2D eigenvalue weighted by atomic mass is 16.2. The first-order valence-electron chi connectivity index (χ1n) is 7.09.